The number of alkyl halides is 2. The number of H-pyrrole nitrogens is 1. The molecule has 0 unspecified atom stereocenters. The average Bonchev–Trinajstić information content (AvgIpc) is 3.11. The number of amides is 1. The van der Waals surface area contributed by atoms with Crippen LogP contribution in [0.3, 0.4) is 0 Å². The van der Waals surface area contributed by atoms with Crippen LogP contribution in [0.4, 0.5) is 14.6 Å². The maximum atomic E-state index is 13.3. The topological polar surface area (TPSA) is 73.9 Å². The second-order valence-corrected chi connectivity index (χ2v) is 7.91. The predicted octanol–water partition coefficient (Wildman–Crippen LogP) is 4.53. The molecule has 1 amide bonds. The van der Waals surface area contributed by atoms with Crippen molar-refractivity contribution in [3.8, 4) is 0 Å². The lowest BCUT2D eigenvalue weighted by Crippen LogP contribution is -2.42. The Balaban J connectivity index is 1.69. The van der Waals surface area contributed by atoms with Crippen LogP contribution < -0.4 is 5.32 Å². The number of aryl methyl sites for hydroxylation is 1. The van der Waals surface area contributed by atoms with E-state index < -0.39 is 5.92 Å². The molecule has 1 fully saturated rings. The van der Waals surface area contributed by atoms with E-state index in [9.17, 15) is 13.6 Å². The van der Waals surface area contributed by atoms with Crippen LogP contribution in [0.2, 0.25) is 0 Å². The van der Waals surface area contributed by atoms with E-state index >= 15 is 0 Å². The Morgan fingerprint density at radius 1 is 1.28 bits per heavy atom. The van der Waals surface area contributed by atoms with E-state index in [0.717, 1.165) is 48.1 Å². The van der Waals surface area contributed by atoms with Crippen LogP contribution in [0.5, 0.6) is 0 Å². The summed E-state index contributed by atoms with van der Waals surface area (Å²) in [7, 11) is 0. The van der Waals surface area contributed by atoms with Gasteiger partial charge in [0.2, 0.25) is 5.91 Å². The first-order valence-corrected chi connectivity index (χ1v) is 10.7. The Morgan fingerprint density at radius 3 is 2.62 bits per heavy atom. The van der Waals surface area contributed by atoms with Gasteiger partial charge in [-0.3, -0.25) is 9.89 Å². The zero-order chi connectivity index (χ0) is 20.9. The molecular weight excluding hydrogens is 376 g/mol. The zero-order valence-electron chi connectivity index (χ0n) is 17.3. The summed E-state index contributed by atoms with van der Waals surface area (Å²) < 4.78 is 26.6. The average molecular weight is 408 g/mol. The lowest BCUT2D eigenvalue weighted by molar-refractivity contribution is -0.137. The number of pyridine rings is 1. The minimum atomic E-state index is -2.64. The molecule has 0 aromatic carbocycles. The van der Waals surface area contributed by atoms with Crippen molar-refractivity contribution < 1.29 is 13.6 Å². The third kappa shape index (κ3) is 5.42. The van der Waals surface area contributed by atoms with Crippen molar-refractivity contribution in [2.75, 3.05) is 18.4 Å². The second-order valence-electron chi connectivity index (χ2n) is 7.91. The number of rotatable bonds is 9. The summed E-state index contributed by atoms with van der Waals surface area (Å²) in [5, 5.41) is 11.9. The number of hydrogen-bond acceptors (Lipinski definition) is 4. The maximum Gasteiger partial charge on any atom is 0.251 e. The lowest BCUT2D eigenvalue weighted by atomic mass is 10.0. The fraction of sp³-hybridized carbons (Fsp3) is 0.667. The monoisotopic (exact) mass is 407 g/mol. The van der Waals surface area contributed by atoms with Crippen LogP contribution in [0.15, 0.2) is 12.3 Å². The fourth-order valence-electron chi connectivity index (χ4n) is 3.97. The van der Waals surface area contributed by atoms with Crippen molar-refractivity contribution in [3.63, 3.8) is 0 Å². The third-order valence-electron chi connectivity index (χ3n) is 5.59. The number of carbonyl (C=O) groups excluding carboxylic acids is 1. The molecule has 6 nitrogen and oxygen atoms in total. The number of nitrogens with zero attached hydrogens (tertiary/aromatic N) is 3. The van der Waals surface area contributed by atoms with E-state index in [4.69, 9.17) is 0 Å². The predicted molar refractivity (Wildman–Crippen MR) is 110 cm³/mol. The number of piperidine rings is 1. The molecule has 0 aliphatic carbocycles. The van der Waals surface area contributed by atoms with E-state index in [1.165, 1.54) is 0 Å². The Morgan fingerprint density at radius 2 is 1.97 bits per heavy atom. The summed E-state index contributed by atoms with van der Waals surface area (Å²) in [5.74, 6) is -1.93. The number of likely N-dealkylation sites (tertiary alicyclic amines) is 1. The van der Waals surface area contributed by atoms with Gasteiger partial charge in [-0.25, -0.2) is 13.8 Å². The molecule has 3 heterocycles. The number of hydrogen-bond donors (Lipinski definition) is 2. The first kappa shape index (κ1) is 21.5. The van der Waals surface area contributed by atoms with Crippen molar-refractivity contribution in [3.05, 3.63) is 18.0 Å². The Kier molecular flexibility index (Phi) is 7.03. The van der Waals surface area contributed by atoms with E-state index in [1.54, 1.807) is 11.1 Å². The smallest absolute Gasteiger partial charge is 0.251 e. The van der Waals surface area contributed by atoms with Gasteiger partial charge in [0.05, 0.1) is 10.9 Å². The Hall–Kier alpha value is -2.25. The Labute approximate surface area is 170 Å². The molecule has 2 aromatic rings. The number of fused-ring (bicyclic) bond motifs is 1. The summed E-state index contributed by atoms with van der Waals surface area (Å²) >= 11 is 0. The molecular formula is C21H31F2N5O. The summed E-state index contributed by atoms with van der Waals surface area (Å²) in [6, 6.07) is 2.20. The molecule has 3 rings (SSSR count). The zero-order valence-corrected chi connectivity index (χ0v) is 17.3. The molecule has 8 heteroatoms. The van der Waals surface area contributed by atoms with Crippen LogP contribution in [-0.4, -0.2) is 51.0 Å². The van der Waals surface area contributed by atoms with Gasteiger partial charge in [0.1, 0.15) is 5.82 Å². The standard InChI is InChI=1S/C21H31F2N5O/c1-3-5-15(6-4-2)25-20-19-16(26-27-17(19)9-12-24-20)7-8-18(29)28-13-10-21(22,23)11-14-28/h9,12,15H,3-8,10-11,13-14H2,1-2H3,(H,24,25)(H,26,27). The normalized spacial score (nSPS) is 16.5. The molecule has 0 saturated carbocycles. The lowest BCUT2D eigenvalue weighted by Gasteiger charge is -2.31. The van der Waals surface area contributed by atoms with E-state index in [-0.39, 0.29) is 38.3 Å². The van der Waals surface area contributed by atoms with Gasteiger partial charge in [-0.05, 0) is 25.3 Å². The second kappa shape index (κ2) is 9.50. The van der Waals surface area contributed by atoms with Crippen molar-refractivity contribution in [1.82, 2.24) is 20.1 Å². The summed E-state index contributed by atoms with van der Waals surface area (Å²) in [6.07, 6.45) is 6.31. The first-order valence-electron chi connectivity index (χ1n) is 10.7. The van der Waals surface area contributed by atoms with Crippen molar-refractivity contribution in [2.45, 2.75) is 77.2 Å². The Bertz CT molecular complexity index is 807. The first-order chi connectivity index (χ1) is 13.9. The summed E-state index contributed by atoms with van der Waals surface area (Å²) in [6.45, 7) is 4.59. The van der Waals surface area contributed by atoms with Crippen LogP contribution in [-0.2, 0) is 11.2 Å². The van der Waals surface area contributed by atoms with Gasteiger partial charge in [0, 0.05) is 50.3 Å². The van der Waals surface area contributed by atoms with Crippen molar-refractivity contribution in [2.24, 2.45) is 0 Å². The van der Waals surface area contributed by atoms with Gasteiger partial charge >= 0.3 is 0 Å². The third-order valence-corrected chi connectivity index (χ3v) is 5.59. The molecule has 0 spiro atoms. The number of aromatic amines is 1. The molecule has 0 bridgehead atoms. The van der Waals surface area contributed by atoms with E-state index in [2.05, 4.69) is 34.3 Å². The molecule has 2 aromatic heterocycles. The van der Waals surface area contributed by atoms with Crippen LogP contribution in [0.1, 0.15) is 64.5 Å². The molecule has 29 heavy (non-hydrogen) atoms. The van der Waals surface area contributed by atoms with Crippen LogP contribution in [0, 0.1) is 0 Å². The van der Waals surface area contributed by atoms with Gasteiger partial charge in [0.25, 0.3) is 5.92 Å². The highest BCUT2D eigenvalue weighted by Crippen LogP contribution is 2.29. The van der Waals surface area contributed by atoms with Gasteiger partial charge in [-0.15, -0.1) is 0 Å². The number of aromatic nitrogens is 3. The van der Waals surface area contributed by atoms with Crippen molar-refractivity contribution in [1.29, 1.82) is 0 Å². The van der Waals surface area contributed by atoms with Crippen LogP contribution >= 0.6 is 0 Å². The summed E-state index contributed by atoms with van der Waals surface area (Å²) in [4.78, 5) is 18.6. The van der Waals surface area contributed by atoms with Crippen molar-refractivity contribution >= 4 is 22.6 Å². The molecule has 2 N–H and O–H groups in total. The number of anilines is 1. The molecule has 1 saturated heterocycles. The highest BCUT2D eigenvalue weighted by molar-refractivity contribution is 5.92. The number of halogens is 2. The number of nitrogens with one attached hydrogen (secondary N) is 2. The summed E-state index contributed by atoms with van der Waals surface area (Å²) in [5.41, 5.74) is 1.67. The van der Waals surface area contributed by atoms with Gasteiger partial charge in [-0.1, -0.05) is 26.7 Å². The molecule has 1 aliphatic rings. The number of carbonyl (C=O) groups is 1. The van der Waals surface area contributed by atoms with Gasteiger partial charge in [-0.2, -0.15) is 5.10 Å². The molecule has 160 valence electrons. The highest BCUT2D eigenvalue weighted by Gasteiger charge is 2.35. The van der Waals surface area contributed by atoms with E-state index in [0.29, 0.717) is 12.5 Å². The van der Waals surface area contributed by atoms with E-state index in [1.807, 2.05) is 6.07 Å². The highest BCUT2D eigenvalue weighted by atomic mass is 19.3. The van der Waals surface area contributed by atoms with Crippen LogP contribution in [0.25, 0.3) is 10.9 Å². The quantitative estimate of drug-likeness (QED) is 0.641. The molecule has 1 aliphatic heterocycles. The van der Waals surface area contributed by atoms with Gasteiger partial charge in [0.15, 0.2) is 0 Å². The molecule has 0 atom stereocenters. The maximum absolute atomic E-state index is 13.3. The fourth-order valence-corrected chi connectivity index (χ4v) is 3.97. The SMILES string of the molecule is CCCC(CCC)Nc1nccc2n[nH]c(CCC(=O)N3CCC(F)(F)CC3)c12. The van der Waals surface area contributed by atoms with Gasteiger partial charge < -0.3 is 10.2 Å². The molecule has 0 radical (unpaired) electrons. The minimum Gasteiger partial charge on any atom is -0.367 e. The minimum absolute atomic E-state index is 0.0866. The largest absolute Gasteiger partial charge is 0.367 e.